The van der Waals surface area contributed by atoms with Gasteiger partial charge in [-0.1, -0.05) is 55.3 Å². The second-order valence-electron chi connectivity index (χ2n) is 2.69. The van der Waals surface area contributed by atoms with E-state index < -0.39 is 0 Å². The number of benzene rings is 1. The number of rotatable bonds is 2. The number of carbonyl (C=O) groups excluding carboxylic acids is 2. The van der Waals surface area contributed by atoms with E-state index in [9.17, 15) is 9.59 Å². The van der Waals surface area contributed by atoms with Crippen molar-refractivity contribution in [2.45, 2.75) is 51.0 Å². The molecule has 1 aromatic rings. The molecule has 0 fully saturated rings. The van der Waals surface area contributed by atoms with Crippen LogP contribution in [0.25, 0.3) is 0 Å². The molecule has 0 radical (unpaired) electrons. The van der Waals surface area contributed by atoms with Crippen LogP contribution in [0.5, 0.6) is 0 Å². The van der Waals surface area contributed by atoms with E-state index in [0.29, 0.717) is 11.1 Å². The summed E-state index contributed by atoms with van der Waals surface area (Å²) in [5, 5.41) is 0. The SMILES string of the molecule is C.C.C.C.C.CC(=O)c1cccc(C(C)=O)c1. The molecule has 0 aliphatic carbocycles. The van der Waals surface area contributed by atoms with Crippen molar-refractivity contribution >= 4 is 11.6 Å². The van der Waals surface area contributed by atoms with Gasteiger partial charge in [0.1, 0.15) is 0 Å². The Morgan fingerprint density at radius 3 is 1.29 bits per heavy atom. The van der Waals surface area contributed by atoms with Crippen LogP contribution in [0.4, 0.5) is 0 Å². The van der Waals surface area contributed by atoms with Crippen molar-refractivity contribution in [3.05, 3.63) is 35.4 Å². The van der Waals surface area contributed by atoms with Crippen LogP contribution in [0, 0.1) is 0 Å². The molecule has 0 saturated heterocycles. The van der Waals surface area contributed by atoms with E-state index in [1.807, 2.05) is 0 Å². The lowest BCUT2D eigenvalue weighted by Crippen LogP contribution is -1.96. The molecule has 0 atom stereocenters. The van der Waals surface area contributed by atoms with Crippen molar-refractivity contribution in [3.63, 3.8) is 0 Å². The van der Waals surface area contributed by atoms with E-state index in [4.69, 9.17) is 0 Å². The fraction of sp³-hybridized carbons (Fsp3) is 0.467. The van der Waals surface area contributed by atoms with E-state index in [1.165, 1.54) is 13.8 Å². The zero-order chi connectivity index (χ0) is 9.14. The predicted molar refractivity (Wildman–Crippen MR) is 80.1 cm³/mol. The molecule has 17 heavy (non-hydrogen) atoms. The molecule has 2 heteroatoms. The van der Waals surface area contributed by atoms with Crippen LogP contribution in [0.3, 0.4) is 0 Å². The second kappa shape index (κ2) is 12.6. The van der Waals surface area contributed by atoms with Crippen molar-refractivity contribution in [2.24, 2.45) is 0 Å². The van der Waals surface area contributed by atoms with Crippen LogP contribution >= 0.6 is 0 Å². The Hall–Kier alpha value is -1.44. The van der Waals surface area contributed by atoms with Crippen LogP contribution in [0.1, 0.15) is 71.7 Å². The highest BCUT2D eigenvalue weighted by molar-refractivity contribution is 5.99. The first-order valence-corrected chi connectivity index (χ1v) is 3.73. The maximum atomic E-state index is 10.9. The molecule has 1 aromatic carbocycles. The monoisotopic (exact) mass is 242 g/mol. The Morgan fingerprint density at radius 2 is 1.06 bits per heavy atom. The van der Waals surface area contributed by atoms with Gasteiger partial charge in [0, 0.05) is 11.1 Å². The highest BCUT2D eigenvalue weighted by Gasteiger charge is 2.02. The third-order valence-electron chi connectivity index (χ3n) is 1.68. The van der Waals surface area contributed by atoms with Crippen LogP contribution in [0.2, 0.25) is 0 Å². The normalized spacial score (nSPS) is 6.71. The summed E-state index contributed by atoms with van der Waals surface area (Å²) in [5.41, 5.74) is 1.17. The fourth-order valence-electron chi connectivity index (χ4n) is 0.957. The minimum atomic E-state index is -0.0156. The minimum absolute atomic E-state index is 0. The number of carbonyl (C=O) groups is 2. The summed E-state index contributed by atoms with van der Waals surface area (Å²) in [5.74, 6) is -0.0313. The first-order valence-electron chi connectivity index (χ1n) is 3.73. The van der Waals surface area contributed by atoms with E-state index in [1.54, 1.807) is 24.3 Å². The van der Waals surface area contributed by atoms with Crippen molar-refractivity contribution in [2.75, 3.05) is 0 Å². The average molecular weight is 242 g/mol. The Labute approximate surface area is 108 Å². The Bertz CT molecular complexity index is 298. The van der Waals surface area contributed by atoms with Crippen LogP contribution in [-0.2, 0) is 0 Å². The maximum absolute atomic E-state index is 10.9. The van der Waals surface area contributed by atoms with Gasteiger partial charge < -0.3 is 0 Å². The highest BCUT2D eigenvalue weighted by Crippen LogP contribution is 2.06. The molecule has 0 aromatic heterocycles. The Balaban J connectivity index is -0.0000000960. The van der Waals surface area contributed by atoms with E-state index in [-0.39, 0.29) is 48.7 Å². The molecule has 1 rings (SSSR count). The summed E-state index contributed by atoms with van der Waals surface area (Å²) in [6, 6.07) is 6.74. The van der Waals surface area contributed by atoms with Gasteiger partial charge in [0.25, 0.3) is 0 Å². The van der Waals surface area contributed by atoms with E-state index in [0.717, 1.165) is 0 Å². The molecule has 0 bridgehead atoms. The molecular weight excluding hydrogens is 212 g/mol. The summed E-state index contributed by atoms with van der Waals surface area (Å²) < 4.78 is 0. The zero-order valence-corrected chi connectivity index (χ0v) is 7.13. The first-order chi connectivity index (χ1) is 5.61. The van der Waals surface area contributed by atoms with Crippen LogP contribution in [-0.4, -0.2) is 11.6 Å². The lowest BCUT2D eigenvalue weighted by Gasteiger charge is -1.97. The van der Waals surface area contributed by atoms with Crippen molar-refractivity contribution in [3.8, 4) is 0 Å². The summed E-state index contributed by atoms with van der Waals surface area (Å²) in [6.07, 6.45) is 0. The third kappa shape index (κ3) is 8.38. The standard InChI is InChI=1S/C10H10O2.5CH4/c1-7(11)9-4-3-5-10(6-9)8(2)12;;;;;/h3-6H,1-2H3;5*1H4. The largest absolute Gasteiger partial charge is 0.295 e. The molecule has 0 aliphatic rings. The lowest BCUT2D eigenvalue weighted by atomic mass is 10.1. The van der Waals surface area contributed by atoms with Gasteiger partial charge in [-0.15, -0.1) is 0 Å². The molecule has 0 heterocycles. The predicted octanol–water partition coefficient (Wildman–Crippen LogP) is 5.27. The Morgan fingerprint density at radius 1 is 0.765 bits per heavy atom. The van der Waals surface area contributed by atoms with Crippen molar-refractivity contribution in [1.82, 2.24) is 0 Å². The molecule has 0 saturated carbocycles. The summed E-state index contributed by atoms with van der Waals surface area (Å²) in [6.45, 7) is 2.97. The lowest BCUT2D eigenvalue weighted by molar-refractivity contribution is 0.101. The number of ketones is 2. The molecule has 0 amide bonds. The molecule has 2 nitrogen and oxygen atoms in total. The van der Waals surface area contributed by atoms with Gasteiger partial charge in [-0.25, -0.2) is 0 Å². The van der Waals surface area contributed by atoms with Gasteiger partial charge in [0.15, 0.2) is 11.6 Å². The molecular formula is C15H30O2. The zero-order valence-electron chi connectivity index (χ0n) is 7.13. The first kappa shape index (κ1) is 29.6. The summed E-state index contributed by atoms with van der Waals surface area (Å²) in [7, 11) is 0. The molecule has 0 unspecified atom stereocenters. The summed E-state index contributed by atoms with van der Waals surface area (Å²) >= 11 is 0. The van der Waals surface area contributed by atoms with E-state index in [2.05, 4.69) is 0 Å². The number of hydrogen-bond donors (Lipinski definition) is 0. The molecule has 0 N–H and O–H groups in total. The topological polar surface area (TPSA) is 34.1 Å². The fourth-order valence-corrected chi connectivity index (χ4v) is 0.957. The molecule has 0 aliphatic heterocycles. The molecule has 0 spiro atoms. The summed E-state index contributed by atoms with van der Waals surface area (Å²) in [4.78, 5) is 21.8. The van der Waals surface area contributed by atoms with Gasteiger partial charge >= 0.3 is 0 Å². The highest BCUT2D eigenvalue weighted by atomic mass is 16.1. The number of Topliss-reactive ketones (excluding diaryl/α,β-unsaturated/α-hetero) is 2. The van der Waals surface area contributed by atoms with Crippen LogP contribution in [0.15, 0.2) is 24.3 Å². The van der Waals surface area contributed by atoms with Gasteiger partial charge in [-0.2, -0.15) is 0 Å². The molecule has 102 valence electrons. The van der Waals surface area contributed by atoms with Crippen LogP contribution < -0.4 is 0 Å². The van der Waals surface area contributed by atoms with Gasteiger partial charge in [0.2, 0.25) is 0 Å². The quantitative estimate of drug-likeness (QED) is 0.662. The second-order valence-corrected chi connectivity index (χ2v) is 2.69. The van der Waals surface area contributed by atoms with Crippen molar-refractivity contribution in [1.29, 1.82) is 0 Å². The number of hydrogen-bond acceptors (Lipinski definition) is 2. The van der Waals surface area contributed by atoms with Gasteiger partial charge in [-0.05, 0) is 19.9 Å². The Kier molecular flexibility index (Phi) is 22.0. The minimum Gasteiger partial charge on any atom is -0.295 e. The smallest absolute Gasteiger partial charge is 0.159 e. The van der Waals surface area contributed by atoms with E-state index >= 15 is 0 Å². The average Bonchev–Trinajstić information content (AvgIpc) is 2.04. The van der Waals surface area contributed by atoms with Gasteiger partial charge in [-0.3, -0.25) is 9.59 Å². The maximum Gasteiger partial charge on any atom is 0.159 e. The third-order valence-corrected chi connectivity index (χ3v) is 1.68. The van der Waals surface area contributed by atoms with Gasteiger partial charge in [0.05, 0.1) is 0 Å². The van der Waals surface area contributed by atoms with Crippen molar-refractivity contribution < 1.29 is 9.59 Å².